The maximum absolute atomic E-state index is 11.7. The molecule has 1 aliphatic heterocycles. The van der Waals surface area contributed by atoms with Crippen LogP contribution in [-0.2, 0) is 0 Å². The number of halogens is 1. The number of amides is 1. The number of rotatable bonds is 3. The van der Waals surface area contributed by atoms with E-state index in [1.165, 1.54) is 6.26 Å². The third-order valence-corrected chi connectivity index (χ3v) is 3.17. The molecule has 1 aromatic heterocycles. The summed E-state index contributed by atoms with van der Waals surface area (Å²) >= 11 is 5.72. The van der Waals surface area contributed by atoms with Gasteiger partial charge in [0.2, 0.25) is 5.22 Å². The monoisotopic (exact) mass is 242 g/mol. The van der Waals surface area contributed by atoms with Crippen molar-refractivity contribution in [1.29, 1.82) is 0 Å². The minimum atomic E-state index is -0.155. The van der Waals surface area contributed by atoms with Crippen molar-refractivity contribution in [1.82, 2.24) is 10.6 Å². The molecule has 88 valence electrons. The Balaban J connectivity index is 1.81. The third-order valence-electron chi connectivity index (χ3n) is 2.87. The summed E-state index contributed by atoms with van der Waals surface area (Å²) in [4.78, 5) is 11.7. The molecule has 1 aliphatic rings. The summed E-state index contributed by atoms with van der Waals surface area (Å²) in [6, 6.07) is 1.58. The van der Waals surface area contributed by atoms with Crippen LogP contribution in [0.15, 0.2) is 16.7 Å². The Morgan fingerprint density at radius 2 is 2.31 bits per heavy atom. The molecule has 0 bridgehead atoms. The molecular weight excluding hydrogens is 228 g/mol. The molecule has 1 fully saturated rings. The van der Waals surface area contributed by atoms with E-state index in [-0.39, 0.29) is 11.1 Å². The second-order valence-corrected chi connectivity index (χ2v) is 4.35. The molecule has 16 heavy (non-hydrogen) atoms. The summed E-state index contributed by atoms with van der Waals surface area (Å²) in [6.45, 7) is 2.78. The predicted molar refractivity (Wildman–Crippen MR) is 61.6 cm³/mol. The van der Waals surface area contributed by atoms with E-state index in [0.29, 0.717) is 18.0 Å². The molecule has 0 spiro atoms. The lowest BCUT2D eigenvalue weighted by Crippen LogP contribution is -2.35. The van der Waals surface area contributed by atoms with Crippen molar-refractivity contribution in [2.45, 2.75) is 12.8 Å². The summed E-state index contributed by atoms with van der Waals surface area (Å²) in [5.74, 6) is 0.410. The van der Waals surface area contributed by atoms with Gasteiger partial charge in [-0.2, -0.15) is 0 Å². The second kappa shape index (κ2) is 5.37. The zero-order chi connectivity index (χ0) is 11.4. The van der Waals surface area contributed by atoms with Crippen LogP contribution in [0, 0.1) is 5.92 Å². The average Bonchev–Trinajstić information content (AvgIpc) is 2.74. The van der Waals surface area contributed by atoms with Crippen LogP contribution in [0.1, 0.15) is 23.2 Å². The van der Waals surface area contributed by atoms with Crippen molar-refractivity contribution in [2.24, 2.45) is 5.92 Å². The molecule has 0 saturated carbocycles. The molecule has 2 heterocycles. The number of hydrogen-bond donors (Lipinski definition) is 2. The van der Waals surface area contributed by atoms with Crippen LogP contribution in [0.3, 0.4) is 0 Å². The van der Waals surface area contributed by atoms with Crippen molar-refractivity contribution < 1.29 is 9.21 Å². The van der Waals surface area contributed by atoms with Crippen LogP contribution >= 0.6 is 11.6 Å². The minimum Gasteiger partial charge on any atom is -0.452 e. The van der Waals surface area contributed by atoms with Crippen molar-refractivity contribution >= 4 is 17.5 Å². The van der Waals surface area contributed by atoms with Crippen LogP contribution in [0.4, 0.5) is 0 Å². The highest BCUT2D eigenvalue weighted by atomic mass is 35.5. The standard InChI is InChI=1S/C11H15ClN2O2/c12-10-9(3-6-16-10)11(15)14-7-8-1-4-13-5-2-8/h3,6,8,13H,1-2,4-5,7H2,(H,14,15). The first kappa shape index (κ1) is 11.5. The molecule has 2 rings (SSSR count). The molecule has 1 aromatic rings. The minimum absolute atomic E-state index is 0.155. The van der Waals surface area contributed by atoms with Gasteiger partial charge in [0, 0.05) is 6.54 Å². The Morgan fingerprint density at radius 1 is 1.56 bits per heavy atom. The maximum Gasteiger partial charge on any atom is 0.256 e. The lowest BCUT2D eigenvalue weighted by Gasteiger charge is -2.22. The Morgan fingerprint density at radius 3 is 2.94 bits per heavy atom. The highest BCUT2D eigenvalue weighted by molar-refractivity contribution is 6.32. The van der Waals surface area contributed by atoms with Crippen LogP contribution in [0.2, 0.25) is 5.22 Å². The molecule has 5 heteroatoms. The molecule has 0 atom stereocenters. The second-order valence-electron chi connectivity index (χ2n) is 4.01. The summed E-state index contributed by atoms with van der Waals surface area (Å²) in [5.41, 5.74) is 0.413. The van der Waals surface area contributed by atoms with Crippen molar-refractivity contribution in [3.05, 3.63) is 23.1 Å². The zero-order valence-electron chi connectivity index (χ0n) is 8.96. The Labute approximate surface area is 99.3 Å². The van der Waals surface area contributed by atoms with E-state index in [0.717, 1.165) is 25.9 Å². The third kappa shape index (κ3) is 2.77. The fourth-order valence-corrected chi connectivity index (χ4v) is 2.07. The lowest BCUT2D eigenvalue weighted by atomic mass is 9.98. The van der Waals surface area contributed by atoms with Gasteiger partial charge >= 0.3 is 0 Å². The van der Waals surface area contributed by atoms with Gasteiger partial charge in [0.05, 0.1) is 11.8 Å². The van der Waals surface area contributed by atoms with Gasteiger partial charge in [-0.1, -0.05) is 0 Å². The van der Waals surface area contributed by atoms with Gasteiger partial charge < -0.3 is 15.1 Å². The quantitative estimate of drug-likeness (QED) is 0.848. The van der Waals surface area contributed by atoms with Gasteiger partial charge in [-0.05, 0) is 49.5 Å². The molecule has 0 aliphatic carbocycles. The van der Waals surface area contributed by atoms with Gasteiger partial charge in [0.1, 0.15) is 0 Å². The molecule has 0 unspecified atom stereocenters. The topological polar surface area (TPSA) is 54.3 Å². The van der Waals surface area contributed by atoms with Crippen molar-refractivity contribution in [3.63, 3.8) is 0 Å². The number of nitrogens with one attached hydrogen (secondary N) is 2. The van der Waals surface area contributed by atoms with Crippen LogP contribution < -0.4 is 10.6 Å². The normalized spacial score (nSPS) is 17.3. The van der Waals surface area contributed by atoms with E-state index < -0.39 is 0 Å². The summed E-state index contributed by atoms with van der Waals surface area (Å²) in [5, 5.41) is 6.33. The Kier molecular flexibility index (Phi) is 3.85. The van der Waals surface area contributed by atoms with Gasteiger partial charge in [-0.3, -0.25) is 4.79 Å². The van der Waals surface area contributed by atoms with Gasteiger partial charge in [-0.25, -0.2) is 0 Å². The highest BCUT2D eigenvalue weighted by Gasteiger charge is 2.16. The van der Waals surface area contributed by atoms with Crippen molar-refractivity contribution in [3.8, 4) is 0 Å². The van der Waals surface area contributed by atoms with E-state index in [2.05, 4.69) is 10.6 Å². The molecule has 2 N–H and O–H groups in total. The van der Waals surface area contributed by atoms with Gasteiger partial charge in [0.15, 0.2) is 0 Å². The zero-order valence-corrected chi connectivity index (χ0v) is 9.72. The molecule has 1 amide bonds. The molecule has 1 saturated heterocycles. The van der Waals surface area contributed by atoms with Crippen LogP contribution in [0.25, 0.3) is 0 Å². The highest BCUT2D eigenvalue weighted by Crippen LogP contribution is 2.16. The summed E-state index contributed by atoms with van der Waals surface area (Å²) in [6.07, 6.45) is 3.64. The Bertz CT molecular complexity index is 359. The SMILES string of the molecule is O=C(NCC1CCNCC1)c1ccoc1Cl. The van der Waals surface area contributed by atoms with E-state index in [4.69, 9.17) is 16.0 Å². The first-order chi connectivity index (χ1) is 7.77. The van der Waals surface area contributed by atoms with E-state index in [1.54, 1.807) is 6.07 Å². The number of carbonyl (C=O) groups excluding carboxylic acids is 1. The van der Waals surface area contributed by atoms with Crippen LogP contribution in [-0.4, -0.2) is 25.5 Å². The lowest BCUT2D eigenvalue weighted by molar-refractivity contribution is 0.0944. The largest absolute Gasteiger partial charge is 0.452 e. The van der Waals surface area contributed by atoms with Crippen molar-refractivity contribution in [2.75, 3.05) is 19.6 Å². The Hall–Kier alpha value is -1.00. The number of carbonyl (C=O) groups is 1. The number of furan rings is 1. The maximum atomic E-state index is 11.7. The fraction of sp³-hybridized carbons (Fsp3) is 0.545. The number of hydrogen-bond acceptors (Lipinski definition) is 3. The number of piperidine rings is 1. The molecular formula is C11H15ClN2O2. The van der Waals surface area contributed by atoms with Gasteiger partial charge in [0.25, 0.3) is 5.91 Å². The summed E-state index contributed by atoms with van der Waals surface area (Å²) < 4.78 is 4.87. The molecule has 0 radical (unpaired) electrons. The van der Waals surface area contributed by atoms with Gasteiger partial charge in [-0.15, -0.1) is 0 Å². The predicted octanol–water partition coefficient (Wildman–Crippen LogP) is 1.66. The van der Waals surface area contributed by atoms with E-state index in [9.17, 15) is 4.79 Å². The first-order valence-corrected chi connectivity index (χ1v) is 5.87. The fourth-order valence-electron chi connectivity index (χ4n) is 1.87. The van der Waals surface area contributed by atoms with Crippen LogP contribution in [0.5, 0.6) is 0 Å². The smallest absolute Gasteiger partial charge is 0.256 e. The first-order valence-electron chi connectivity index (χ1n) is 5.49. The average molecular weight is 243 g/mol. The molecule has 0 aromatic carbocycles. The summed E-state index contributed by atoms with van der Waals surface area (Å²) in [7, 11) is 0. The molecule has 4 nitrogen and oxygen atoms in total. The van der Waals surface area contributed by atoms with E-state index in [1.807, 2.05) is 0 Å². The van der Waals surface area contributed by atoms with E-state index >= 15 is 0 Å².